The molecular formula is C49H40N6. The predicted molar refractivity (Wildman–Crippen MR) is 224 cm³/mol. The highest BCUT2D eigenvalue weighted by atomic mass is 15.3. The average Bonchev–Trinajstić information content (AvgIpc) is 3.99. The van der Waals surface area contributed by atoms with Crippen molar-refractivity contribution in [1.82, 2.24) is 29.0 Å². The Morgan fingerprint density at radius 3 is 1.44 bits per heavy atom. The Labute approximate surface area is 321 Å². The molecule has 1 atom stereocenters. The van der Waals surface area contributed by atoms with Gasteiger partial charge in [0.2, 0.25) is 0 Å². The molecular weight excluding hydrogens is 673 g/mol. The lowest BCUT2D eigenvalue weighted by Crippen LogP contribution is -2.31. The molecule has 4 heterocycles. The Morgan fingerprint density at radius 1 is 0.491 bits per heavy atom. The number of benzene rings is 6. The van der Waals surface area contributed by atoms with Crippen LogP contribution in [0.2, 0.25) is 0 Å². The van der Waals surface area contributed by atoms with E-state index in [9.17, 15) is 0 Å². The summed E-state index contributed by atoms with van der Waals surface area (Å²) in [5, 5.41) is 12.0. The maximum atomic E-state index is 5.36. The third-order valence-electron chi connectivity index (χ3n) is 11.1. The molecule has 55 heavy (non-hydrogen) atoms. The van der Waals surface area contributed by atoms with E-state index in [1.165, 1.54) is 22.2 Å². The summed E-state index contributed by atoms with van der Waals surface area (Å²) >= 11 is 0. The van der Waals surface area contributed by atoms with Gasteiger partial charge in [-0.3, -0.25) is 4.90 Å². The van der Waals surface area contributed by atoms with Crippen LogP contribution in [-0.2, 0) is 6.42 Å². The van der Waals surface area contributed by atoms with Gasteiger partial charge in [-0.1, -0.05) is 140 Å². The smallest absolute Gasteiger partial charge is 0.0934 e. The zero-order valence-corrected chi connectivity index (χ0v) is 30.9. The molecule has 9 aromatic rings. The summed E-state index contributed by atoms with van der Waals surface area (Å²) in [6, 6.07) is 62.4. The molecule has 6 aromatic carbocycles. The minimum atomic E-state index is 0.229. The fraction of sp³-hybridized carbons (Fsp3) is 0.102. The normalized spacial score (nSPS) is 14.3. The summed E-state index contributed by atoms with van der Waals surface area (Å²) in [4.78, 5) is 2.46. The first-order valence-corrected chi connectivity index (χ1v) is 19.0. The van der Waals surface area contributed by atoms with Crippen LogP contribution in [0.5, 0.6) is 0 Å². The second kappa shape index (κ2) is 13.6. The van der Waals surface area contributed by atoms with Gasteiger partial charge in [0, 0.05) is 45.9 Å². The molecule has 1 unspecified atom stereocenters. The maximum absolute atomic E-state index is 5.36. The van der Waals surface area contributed by atoms with Crippen molar-refractivity contribution >= 4 is 10.9 Å². The van der Waals surface area contributed by atoms with Gasteiger partial charge in [0.25, 0.3) is 0 Å². The monoisotopic (exact) mass is 712 g/mol. The molecule has 0 amide bonds. The van der Waals surface area contributed by atoms with Crippen molar-refractivity contribution in [1.29, 1.82) is 0 Å². The number of likely N-dealkylation sites (N-methyl/N-ethyl adjacent to an activating group) is 1. The van der Waals surface area contributed by atoms with Crippen LogP contribution in [-0.4, -0.2) is 42.6 Å². The molecule has 1 aliphatic heterocycles. The highest BCUT2D eigenvalue weighted by Crippen LogP contribution is 2.40. The quantitative estimate of drug-likeness (QED) is 0.165. The zero-order valence-electron chi connectivity index (χ0n) is 30.9. The molecule has 6 nitrogen and oxygen atoms in total. The van der Waals surface area contributed by atoms with Gasteiger partial charge in [-0.25, -0.2) is 9.36 Å². The molecule has 10 rings (SSSR count). The van der Waals surface area contributed by atoms with Gasteiger partial charge in [-0.2, -0.15) is 10.2 Å². The summed E-state index contributed by atoms with van der Waals surface area (Å²) in [5.41, 5.74) is 15.1. The fourth-order valence-electron chi connectivity index (χ4n) is 8.24. The van der Waals surface area contributed by atoms with Crippen LogP contribution >= 0.6 is 0 Å². The molecule has 0 radical (unpaired) electrons. The number of hydrogen-bond acceptors (Lipinski definition) is 3. The average molecular weight is 713 g/mol. The molecule has 0 aliphatic carbocycles. The van der Waals surface area contributed by atoms with E-state index in [1.807, 2.05) is 12.1 Å². The maximum Gasteiger partial charge on any atom is 0.0934 e. The summed E-state index contributed by atoms with van der Waals surface area (Å²) < 4.78 is 6.72. The van der Waals surface area contributed by atoms with Crippen LogP contribution in [0.15, 0.2) is 176 Å². The van der Waals surface area contributed by atoms with E-state index in [0.29, 0.717) is 0 Å². The van der Waals surface area contributed by atoms with Crippen molar-refractivity contribution in [3.63, 3.8) is 0 Å². The molecule has 0 spiro atoms. The zero-order chi connectivity index (χ0) is 36.9. The number of aromatic nitrogens is 5. The molecule has 0 fully saturated rings. The molecule has 266 valence electrons. The Bertz CT molecular complexity index is 2640. The topological polar surface area (TPSA) is 43.8 Å². The SMILES string of the molecule is CC1c2c(c3ccccc3n2-c2cc(-n3nc(-c4ccccc4)cc3-c3ccccc3)cc(-n3nc(-c4ccccc4)cc3-c3ccccc3)c2)CCN1C. The number of para-hydroxylation sites is 1. The van der Waals surface area contributed by atoms with Gasteiger partial charge < -0.3 is 4.57 Å². The molecule has 0 bridgehead atoms. The first-order chi connectivity index (χ1) is 27.1. The minimum Gasteiger partial charge on any atom is -0.312 e. The number of hydrogen-bond donors (Lipinski definition) is 0. The van der Waals surface area contributed by atoms with Crippen molar-refractivity contribution in [3.05, 3.63) is 187 Å². The molecule has 6 heteroatoms. The standard InChI is InChI=1S/C49H40N6/c1-34-49-43(27-28-52(34)2)42-25-15-16-26-46(42)53(49)39-29-40(54-47(37-21-11-5-12-22-37)32-44(50-54)35-17-7-3-8-18-35)31-41(30-39)55-48(38-23-13-6-14-24-38)33-45(51-55)36-19-9-4-10-20-36/h3-26,29-34H,27-28H2,1-2H3. The first kappa shape index (κ1) is 32.9. The molecule has 3 aromatic heterocycles. The highest BCUT2D eigenvalue weighted by molar-refractivity contribution is 5.88. The fourth-order valence-corrected chi connectivity index (χ4v) is 8.24. The van der Waals surface area contributed by atoms with Crippen LogP contribution in [0.25, 0.3) is 73.0 Å². The van der Waals surface area contributed by atoms with Crippen LogP contribution in [0.1, 0.15) is 24.2 Å². The summed E-state index contributed by atoms with van der Waals surface area (Å²) in [7, 11) is 2.24. The number of nitrogens with zero attached hydrogens (tertiary/aromatic N) is 6. The van der Waals surface area contributed by atoms with Gasteiger partial charge in [0.05, 0.1) is 45.4 Å². The third kappa shape index (κ3) is 5.79. The second-order valence-electron chi connectivity index (χ2n) is 14.4. The summed E-state index contributed by atoms with van der Waals surface area (Å²) in [6.07, 6.45) is 1.01. The van der Waals surface area contributed by atoms with Crippen LogP contribution in [0, 0.1) is 0 Å². The number of fused-ring (bicyclic) bond motifs is 3. The lowest BCUT2D eigenvalue weighted by Gasteiger charge is -2.32. The van der Waals surface area contributed by atoms with Crippen molar-refractivity contribution in [2.24, 2.45) is 0 Å². The Morgan fingerprint density at radius 2 is 0.927 bits per heavy atom. The van der Waals surface area contributed by atoms with Gasteiger partial charge in [0.15, 0.2) is 0 Å². The van der Waals surface area contributed by atoms with E-state index in [1.54, 1.807) is 0 Å². The van der Waals surface area contributed by atoms with Crippen LogP contribution in [0.3, 0.4) is 0 Å². The van der Waals surface area contributed by atoms with Gasteiger partial charge in [-0.15, -0.1) is 0 Å². The summed E-state index contributed by atoms with van der Waals surface area (Å²) in [5.74, 6) is 0. The van der Waals surface area contributed by atoms with Crippen molar-refractivity contribution in [2.75, 3.05) is 13.6 Å². The molecule has 1 aliphatic rings. The van der Waals surface area contributed by atoms with Gasteiger partial charge >= 0.3 is 0 Å². The molecule has 0 N–H and O–H groups in total. The van der Waals surface area contributed by atoms with E-state index in [-0.39, 0.29) is 6.04 Å². The number of rotatable bonds is 7. The lowest BCUT2D eigenvalue weighted by molar-refractivity contribution is 0.241. The van der Waals surface area contributed by atoms with Crippen molar-refractivity contribution < 1.29 is 0 Å². The van der Waals surface area contributed by atoms with E-state index in [4.69, 9.17) is 10.2 Å². The Balaban J connectivity index is 1.28. The largest absolute Gasteiger partial charge is 0.312 e. The first-order valence-electron chi connectivity index (χ1n) is 19.0. The van der Waals surface area contributed by atoms with Crippen molar-refractivity contribution in [3.8, 4) is 62.1 Å². The summed E-state index contributed by atoms with van der Waals surface area (Å²) in [6.45, 7) is 3.36. The van der Waals surface area contributed by atoms with Crippen molar-refractivity contribution in [2.45, 2.75) is 19.4 Å². The third-order valence-corrected chi connectivity index (χ3v) is 11.1. The minimum absolute atomic E-state index is 0.229. The second-order valence-corrected chi connectivity index (χ2v) is 14.4. The Kier molecular flexibility index (Phi) is 8.11. The predicted octanol–water partition coefficient (Wildman–Crippen LogP) is 11.2. The van der Waals surface area contributed by atoms with Gasteiger partial charge in [-0.05, 0) is 62.4 Å². The molecule has 0 saturated heterocycles. The van der Waals surface area contributed by atoms with Crippen LogP contribution in [0.4, 0.5) is 0 Å². The van der Waals surface area contributed by atoms with E-state index in [2.05, 4.69) is 197 Å². The highest BCUT2D eigenvalue weighted by Gasteiger charge is 2.29. The van der Waals surface area contributed by atoms with E-state index in [0.717, 1.165) is 75.1 Å². The van der Waals surface area contributed by atoms with Gasteiger partial charge in [0.1, 0.15) is 0 Å². The Hall–Kier alpha value is -6.76. The molecule has 0 saturated carbocycles. The lowest BCUT2D eigenvalue weighted by atomic mass is 9.99. The van der Waals surface area contributed by atoms with E-state index >= 15 is 0 Å². The van der Waals surface area contributed by atoms with Crippen LogP contribution < -0.4 is 0 Å². The van der Waals surface area contributed by atoms with E-state index < -0.39 is 0 Å².